The van der Waals surface area contributed by atoms with Gasteiger partial charge in [0.1, 0.15) is 0 Å². The van der Waals surface area contributed by atoms with Gasteiger partial charge in [-0.2, -0.15) is 0 Å². The zero-order chi connectivity index (χ0) is 16.4. The number of anilines is 1. The minimum absolute atomic E-state index is 0.174. The van der Waals surface area contributed by atoms with E-state index in [2.05, 4.69) is 10.6 Å². The molecule has 0 aliphatic rings. The molecule has 0 fully saturated rings. The van der Waals surface area contributed by atoms with Gasteiger partial charge in [-0.05, 0) is 52.3 Å². The van der Waals surface area contributed by atoms with Gasteiger partial charge in [0.25, 0.3) is 5.91 Å². The Bertz CT molecular complexity index is 557. The molecule has 1 aromatic carbocycles. The molecule has 1 aromatic rings. The first-order valence-electron chi connectivity index (χ1n) is 6.93. The Balaban J connectivity index is 3.08. The van der Waals surface area contributed by atoms with Gasteiger partial charge in [-0.3, -0.25) is 9.59 Å². The van der Waals surface area contributed by atoms with Crippen LogP contribution in [0.25, 0.3) is 0 Å². The summed E-state index contributed by atoms with van der Waals surface area (Å²) >= 11 is 0. The third kappa shape index (κ3) is 3.61. The molecule has 1 rings (SSSR count). The van der Waals surface area contributed by atoms with E-state index in [1.165, 1.54) is 0 Å². The lowest BCUT2D eigenvalue weighted by Gasteiger charge is -2.37. The van der Waals surface area contributed by atoms with Crippen LogP contribution in [-0.2, 0) is 4.79 Å². The normalized spacial score (nSPS) is 12.0. The van der Waals surface area contributed by atoms with Crippen molar-refractivity contribution in [1.82, 2.24) is 5.32 Å². The highest BCUT2D eigenvalue weighted by molar-refractivity contribution is 5.99. The van der Waals surface area contributed by atoms with Crippen LogP contribution in [0.1, 0.15) is 43.6 Å². The number of hydrogen-bond donors (Lipinski definition) is 3. The monoisotopic (exact) mass is 291 g/mol. The Morgan fingerprint density at radius 2 is 1.71 bits per heavy atom. The van der Waals surface area contributed by atoms with Crippen molar-refractivity contribution < 1.29 is 9.59 Å². The first kappa shape index (κ1) is 17.2. The second kappa shape index (κ2) is 5.85. The lowest BCUT2D eigenvalue weighted by atomic mass is 9.74. The van der Waals surface area contributed by atoms with E-state index in [0.29, 0.717) is 11.3 Å². The maximum absolute atomic E-state index is 12.5. The summed E-state index contributed by atoms with van der Waals surface area (Å²) in [6.07, 6.45) is 0. The fourth-order valence-corrected chi connectivity index (χ4v) is 1.61. The van der Waals surface area contributed by atoms with Crippen LogP contribution in [0.2, 0.25) is 0 Å². The van der Waals surface area contributed by atoms with E-state index in [4.69, 9.17) is 5.73 Å². The lowest BCUT2D eigenvalue weighted by Crippen LogP contribution is -2.53. The number of rotatable bonds is 4. The van der Waals surface area contributed by atoms with Gasteiger partial charge in [0.2, 0.25) is 5.91 Å². The van der Waals surface area contributed by atoms with E-state index in [-0.39, 0.29) is 11.8 Å². The number of aryl methyl sites for hydroxylation is 1. The molecule has 0 heterocycles. The maximum Gasteiger partial charge on any atom is 0.251 e. The average Bonchev–Trinajstić information content (AvgIpc) is 2.38. The second-order valence-corrected chi connectivity index (χ2v) is 6.41. The second-order valence-electron chi connectivity index (χ2n) is 6.41. The molecule has 0 unspecified atom stereocenters. The van der Waals surface area contributed by atoms with Crippen LogP contribution in [0, 0.1) is 12.3 Å². The van der Waals surface area contributed by atoms with Crippen LogP contribution in [0.5, 0.6) is 0 Å². The fourth-order valence-electron chi connectivity index (χ4n) is 1.61. The largest absolute Gasteiger partial charge is 0.355 e. The molecular weight excluding hydrogens is 266 g/mol. The third-order valence-electron chi connectivity index (χ3n) is 4.15. The van der Waals surface area contributed by atoms with E-state index < -0.39 is 11.0 Å². The Morgan fingerprint density at radius 3 is 2.19 bits per heavy atom. The third-order valence-corrected chi connectivity index (χ3v) is 4.15. The quantitative estimate of drug-likeness (QED) is 0.794. The molecular formula is C16H25N3O2. The van der Waals surface area contributed by atoms with E-state index in [9.17, 15) is 9.59 Å². The molecule has 2 amide bonds. The molecule has 21 heavy (non-hydrogen) atoms. The zero-order valence-corrected chi connectivity index (χ0v) is 13.6. The highest BCUT2D eigenvalue weighted by Crippen LogP contribution is 2.30. The molecule has 0 saturated carbocycles. The van der Waals surface area contributed by atoms with Crippen LogP contribution >= 0.6 is 0 Å². The fraction of sp³-hybridized carbons (Fsp3) is 0.500. The van der Waals surface area contributed by atoms with Crippen molar-refractivity contribution in [2.24, 2.45) is 11.1 Å². The zero-order valence-electron chi connectivity index (χ0n) is 13.6. The average molecular weight is 291 g/mol. The SMILES string of the molecule is CNC(=O)c1ccc(C)c(NC(=O)C(C)(C)C(C)(C)N)c1. The summed E-state index contributed by atoms with van der Waals surface area (Å²) in [7, 11) is 1.57. The van der Waals surface area contributed by atoms with Crippen LogP contribution < -0.4 is 16.4 Å². The van der Waals surface area contributed by atoms with Crippen LogP contribution in [-0.4, -0.2) is 24.4 Å². The summed E-state index contributed by atoms with van der Waals surface area (Å²) in [5.74, 6) is -0.365. The molecule has 116 valence electrons. The van der Waals surface area contributed by atoms with Gasteiger partial charge in [0.15, 0.2) is 0 Å². The first-order chi connectivity index (χ1) is 9.50. The molecule has 0 spiro atoms. The molecule has 0 aliphatic heterocycles. The van der Waals surface area contributed by atoms with Gasteiger partial charge >= 0.3 is 0 Å². The Hall–Kier alpha value is -1.88. The lowest BCUT2D eigenvalue weighted by molar-refractivity contribution is -0.126. The van der Waals surface area contributed by atoms with E-state index >= 15 is 0 Å². The Kier molecular flexibility index (Phi) is 4.79. The minimum atomic E-state index is -0.748. The summed E-state index contributed by atoms with van der Waals surface area (Å²) in [5, 5.41) is 5.44. The van der Waals surface area contributed by atoms with E-state index in [1.807, 2.05) is 20.8 Å². The predicted molar refractivity (Wildman–Crippen MR) is 85.2 cm³/mol. The van der Waals surface area contributed by atoms with Crippen molar-refractivity contribution in [3.8, 4) is 0 Å². The Labute approximate surface area is 126 Å². The predicted octanol–water partition coefficient (Wildman–Crippen LogP) is 2.06. The highest BCUT2D eigenvalue weighted by Gasteiger charge is 2.40. The van der Waals surface area contributed by atoms with Crippen molar-refractivity contribution >= 4 is 17.5 Å². The Morgan fingerprint density at radius 1 is 1.14 bits per heavy atom. The van der Waals surface area contributed by atoms with Gasteiger partial charge in [-0.15, -0.1) is 0 Å². The summed E-state index contributed by atoms with van der Waals surface area (Å²) in [5.41, 5.74) is 6.69. The van der Waals surface area contributed by atoms with Gasteiger partial charge in [0.05, 0.1) is 5.41 Å². The van der Waals surface area contributed by atoms with Gasteiger partial charge in [-0.1, -0.05) is 6.07 Å². The van der Waals surface area contributed by atoms with Gasteiger partial charge < -0.3 is 16.4 Å². The van der Waals surface area contributed by atoms with Gasteiger partial charge in [0, 0.05) is 23.8 Å². The number of nitrogens with one attached hydrogen (secondary N) is 2. The number of carbonyl (C=O) groups is 2. The number of amides is 2. The van der Waals surface area contributed by atoms with Gasteiger partial charge in [-0.25, -0.2) is 0 Å². The van der Waals surface area contributed by atoms with Crippen LogP contribution in [0.15, 0.2) is 18.2 Å². The summed E-state index contributed by atoms with van der Waals surface area (Å²) in [6.45, 7) is 9.13. The van der Waals surface area contributed by atoms with Crippen molar-refractivity contribution in [3.05, 3.63) is 29.3 Å². The topological polar surface area (TPSA) is 84.2 Å². The summed E-state index contributed by atoms with van der Waals surface area (Å²) in [6, 6.07) is 5.20. The smallest absolute Gasteiger partial charge is 0.251 e. The number of benzene rings is 1. The van der Waals surface area contributed by atoms with Crippen LogP contribution in [0.4, 0.5) is 5.69 Å². The highest BCUT2D eigenvalue weighted by atomic mass is 16.2. The van der Waals surface area contributed by atoms with Crippen LogP contribution in [0.3, 0.4) is 0 Å². The molecule has 0 saturated heterocycles. The molecule has 0 atom stereocenters. The summed E-state index contributed by atoms with van der Waals surface area (Å²) < 4.78 is 0. The molecule has 0 radical (unpaired) electrons. The number of hydrogen-bond acceptors (Lipinski definition) is 3. The molecule has 0 bridgehead atoms. The molecule has 4 N–H and O–H groups in total. The molecule has 0 aromatic heterocycles. The van der Waals surface area contributed by atoms with Crippen molar-refractivity contribution in [1.29, 1.82) is 0 Å². The van der Waals surface area contributed by atoms with Crippen molar-refractivity contribution in [3.63, 3.8) is 0 Å². The first-order valence-corrected chi connectivity index (χ1v) is 6.93. The molecule has 5 nitrogen and oxygen atoms in total. The number of carbonyl (C=O) groups excluding carboxylic acids is 2. The van der Waals surface area contributed by atoms with E-state index in [0.717, 1.165) is 5.56 Å². The number of nitrogens with two attached hydrogens (primary N) is 1. The molecule has 0 aliphatic carbocycles. The van der Waals surface area contributed by atoms with Crippen molar-refractivity contribution in [2.45, 2.75) is 40.2 Å². The van der Waals surface area contributed by atoms with Crippen molar-refractivity contribution in [2.75, 3.05) is 12.4 Å². The van der Waals surface area contributed by atoms with E-state index in [1.54, 1.807) is 39.1 Å². The molecule has 5 heteroatoms. The minimum Gasteiger partial charge on any atom is -0.355 e. The maximum atomic E-state index is 12.5. The summed E-state index contributed by atoms with van der Waals surface area (Å²) in [4.78, 5) is 24.2. The standard InChI is InChI=1S/C16H25N3O2/c1-10-7-8-11(13(20)18-6)9-12(10)19-14(21)15(2,3)16(4,5)17/h7-9H,17H2,1-6H3,(H,18,20)(H,19,21).